The predicted molar refractivity (Wildman–Crippen MR) is 101 cm³/mol. The van der Waals surface area contributed by atoms with Crippen molar-refractivity contribution in [3.8, 4) is 11.5 Å². The number of aryl methyl sites for hydroxylation is 1. The minimum absolute atomic E-state index is 0.0350. The Hall–Kier alpha value is -2.13. The van der Waals surface area contributed by atoms with Gasteiger partial charge in [-0.2, -0.15) is 0 Å². The third-order valence-electron chi connectivity index (χ3n) is 4.02. The Labute approximate surface area is 158 Å². The zero-order valence-electron chi connectivity index (χ0n) is 14.1. The van der Waals surface area contributed by atoms with E-state index in [-0.39, 0.29) is 17.2 Å². The first kappa shape index (κ1) is 17.3. The summed E-state index contributed by atoms with van der Waals surface area (Å²) in [7, 11) is 1.69. The molecule has 0 saturated carbocycles. The molecule has 1 aromatic carbocycles. The third-order valence-corrected chi connectivity index (χ3v) is 6.16. The number of benzene rings is 1. The molecular formula is C17H17N3O4S2. The van der Waals surface area contributed by atoms with Gasteiger partial charge in [-0.25, -0.2) is 4.98 Å². The second kappa shape index (κ2) is 7.24. The number of hydrogen-bond donors (Lipinski definition) is 1. The number of nitrogens with zero attached hydrogens (tertiary/aromatic N) is 2. The standard InChI is InChI=1S/C17H17N3O4S2/c1-20-16(22)15-11(4-7-25-15)19-17(20)26-9-14(21)18-10-2-3-12-13(8-10)24-6-5-23-12/h2-3,8H,4-7,9H2,1H3,(H,18,21). The number of ether oxygens (including phenoxy) is 2. The van der Waals surface area contributed by atoms with Gasteiger partial charge in [0.25, 0.3) is 5.56 Å². The molecule has 0 aliphatic carbocycles. The molecule has 9 heteroatoms. The molecule has 1 amide bonds. The molecule has 0 bridgehead atoms. The highest BCUT2D eigenvalue weighted by Gasteiger charge is 2.21. The summed E-state index contributed by atoms with van der Waals surface area (Å²) in [6, 6.07) is 5.30. The van der Waals surface area contributed by atoms with E-state index in [4.69, 9.17) is 9.47 Å². The monoisotopic (exact) mass is 391 g/mol. The molecule has 26 heavy (non-hydrogen) atoms. The van der Waals surface area contributed by atoms with Crippen LogP contribution < -0.4 is 20.3 Å². The number of carbonyl (C=O) groups excluding carboxylic acids is 1. The molecule has 0 saturated heterocycles. The Balaban J connectivity index is 1.42. The molecule has 0 radical (unpaired) electrons. The second-order valence-corrected chi connectivity index (χ2v) is 7.88. The maximum atomic E-state index is 12.3. The SMILES string of the molecule is Cn1c(SCC(=O)Nc2ccc3c(c2)OCCO3)nc2c(c1=O)SCC2. The van der Waals surface area contributed by atoms with Crippen molar-refractivity contribution in [2.24, 2.45) is 7.05 Å². The fourth-order valence-corrected chi connectivity index (χ4v) is 4.60. The topological polar surface area (TPSA) is 82.5 Å². The maximum Gasteiger partial charge on any atom is 0.267 e. The van der Waals surface area contributed by atoms with Crippen LogP contribution in [0.1, 0.15) is 5.69 Å². The van der Waals surface area contributed by atoms with E-state index in [1.165, 1.54) is 16.3 Å². The number of nitrogens with one attached hydrogen (secondary N) is 1. The van der Waals surface area contributed by atoms with E-state index in [1.54, 1.807) is 37.0 Å². The summed E-state index contributed by atoms with van der Waals surface area (Å²) < 4.78 is 12.5. The van der Waals surface area contributed by atoms with Crippen LogP contribution in [0.15, 0.2) is 33.0 Å². The number of fused-ring (bicyclic) bond motifs is 2. The van der Waals surface area contributed by atoms with E-state index in [0.29, 0.717) is 35.6 Å². The Morgan fingerprint density at radius 1 is 1.35 bits per heavy atom. The van der Waals surface area contributed by atoms with Crippen molar-refractivity contribution in [3.63, 3.8) is 0 Å². The number of thioether (sulfide) groups is 2. The van der Waals surface area contributed by atoms with Crippen LogP contribution in [0.2, 0.25) is 0 Å². The third kappa shape index (κ3) is 3.41. The summed E-state index contributed by atoms with van der Waals surface area (Å²) in [6.07, 6.45) is 0.799. The quantitative estimate of drug-likeness (QED) is 0.630. The van der Waals surface area contributed by atoms with Crippen LogP contribution in [0.3, 0.4) is 0 Å². The fourth-order valence-electron chi connectivity index (χ4n) is 2.75. The summed E-state index contributed by atoms with van der Waals surface area (Å²) in [5.74, 6) is 2.19. The van der Waals surface area contributed by atoms with Crippen LogP contribution in [0.25, 0.3) is 0 Å². The highest BCUT2D eigenvalue weighted by molar-refractivity contribution is 8.00. The Bertz CT molecular complexity index is 929. The van der Waals surface area contributed by atoms with Gasteiger partial charge in [-0.15, -0.1) is 11.8 Å². The van der Waals surface area contributed by atoms with Gasteiger partial charge in [-0.3, -0.25) is 14.2 Å². The van der Waals surface area contributed by atoms with Crippen LogP contribution in [0.4, 0.5) is 5.69 Å². The first-order valence-electron chi connectivity index (χ1n) is 8.17. The van der Waals surface area contributed by atoms with Crippen molar-refractivity contribution in [3.05, 3.63) is 34.2 Å². The lowest BCUT2D eigenvalue weighted by atomic mass is 10.2. The van der Waals surface area contributed by atoms with E-state index in [0.717, 1.165) is 22.8 Å². The van der Waals surface area contributed by atoms with E-state index in [1.807, 2.05) is 0 Å². The van der Waals surface area contributed by atoms with Crippen LogP contribution in [-0.2, 0) is 18.3 Å². The first-order valence-corrected chi connectivity index (χ1v) is 10.1. The van der Waals surface area contributed by atoms with Gasteiger partial charge in [-0.05, 0) is 12.1 Å². The second-order valence-electron chi connectivity index (χ2n) is 5.83. The molecule has 0 fully saturated rings. The van der Waals surface area contributed by atoms with E-state index in [2.05, 4.69) is 10.3 Å². The largest absolute Gasteiger partial charge is 0.486 e. The number of hydrogen-bond acceptors (Lipinski definition) is 7. The fraction of sp³-hybridized carbons (Fsp3) is 0.353. The summed E-state index contributed by atoms with van der Waals surface area (Å²) in [5.41, 5.74) is 1.45. The van der Waals surface area contributed by atoms with Gasteiger partial charge in [0, 0.05) is 31.0 Å². The summed E-state index contributed by atoms with van der Waals surface area (Å²) >= 11 is 2.81. The lowest BCUT2D eigenvalue weighted by molar-refractivity contribution is -0.113. The summed E-state index contributed by atoms with van der Waals surface area (Å²) in [5, 5.41) is 3.40. The molecule has 0 unspecified atom stereocenters. The minimum atomic E-state index is -0.171. The molecule has 0 spiro atoms. The number of aromatic nitrogens is 2. The predicted octanol–water partition coefficient (Wildman–Crippen LogP) is 1.93. The van der Waals surface area contributed by atoms with Crippen molar-refractivity contribution in [2.45, 2.75) is 16.5 Å². The number of rotatable bonds is 4. The van der Waals surface area contributed by atoms with Gasteiger partial charge in [0.15, 0.2) is 16.7 Å². The van der Waals surface area contributed by atoms with E-state index < -0.39 is 0 Å². The average Bonchev–Trinajstić information content (AvgIpc) is 3.12. The molecule has 2 aliphatic rings. The highest BCUT2D eigenvalue weighted by atomic mass is 32.2. The molecule has 2 aliphatic heterocycles. The summed E-state index contributed by atoms with van der Waals surface area (Å²) in [6.45, 7) is 1.02. The summed E-state index contributed by atoms with van der Waals surface area (Å²) in [4.78, 5) is 29.8. The van der Waals surface area contributed by atoms with Gasteiger partial charge in [0.1, 0.15) is 13.2 Å². The Morgan fingerprint density at radius 3 is 3.00 bits per heavy atom. The van der Waals surface area contributed by atoms with E-state index in [9.17, 15) is 9.59 Å². The van der Waals surface area contributed by atoms with Crippen molar-refractivity contribution < 1.29 is 14.3 Å². The lowest BCUT2D eigenvalue weighted by Gasteiger charge is -2.19. The van der Waals surface area contributed by atoms with Crippen molar-refractivity contribution >= 4 is 35.1 Å². The molecule has 2 aromatic rings. The minimum Gasteiger partial charge on any atom is -0.486 e. The molecular weight excluding hydrogens is 374 g/mol. The van der Waals surface area contributed by atoms with Crippen LogP contribution in [0.5, 0.6) is 11.5 Å². The first-order chi connectivity index (χ1) is 12.6. The number of anilines is 1. The molecule has 4 rings (SSSR count). The van der Waals surface area contributed by atoms with Crippen molar-refractivity contribution in [1.82, 2.24) is 9.55 Å². The molecule has 1 N–H and O–H groups in total. The van der Waals surface area contributed by atoms with Gasteiger partial charge < -0.3 is 14.8 Å². The zero-order chi connectivity index (χ0) is 18.1. The molecule has 3 heterocycles. The normalized spacial score (nSPS) is 14.8. The smallest absolute Gasteiger partial charge is 0.267 e. The maximum absolute atomic E-state index is 12.3. The van der Waals surface area contributed by atoms with Gasteiger partial charge >= 0.3 is 0 Å². The highest BCUT2D eigenvalue weighted by Crippen LogP contribution is 2.33. The zero-order valence-corrected chi connectivity index (χ0v) is 15.7. The van der Waals surface area contributed by atoms with Gasteiger partial charge in [0.05, 0.1) is 16.3 Å². The molecule has 7 nitrogen and oxygen atoms in total. The average molecular weight is 391 g/mol. The van der Waals surface area contributed by atoms with Gasteiger partial charge in [0.2, 0.25) is 5.91 Å². The van der Waals surface area contributed by atoms with Crippen LogP contribution in [-0.4, -0.2) is 40.2 Å². The Kier molecular flexibility index (Phi) is 4.82. The van der Waals surface area contributed by atoms with Gasteiger partial charge in [-0.1, -0.05) is 11.8 Å². The van der Waals surface area contributed by atoms with E-state index >= 15 is 0 Å². The van der Waals surface area contributed by atoms with Crippen molar-refractivity contribution in [1.29, 1.82) is 0 Å². The molecule has 136 valence electrons. The van der Waals surface area contributed by atoms with Crippen LogP contribution >= 0.6 is 23.5 Å². The Morgan fingerprint density at radius 2 is 2.15 bits per heavy atom. The molecule has 0 atom stereocenters. The number of carbonyl (C=O) groups is 1. The van der Waals surface area contributed by atoms with Crippen molar-refractivity contribution in [2.75, 3.05) is 30.0 Å². The van der Waals surface area contributed by atoms with Crippen LogP contribution in [0, 0.1) is 0 Å². The lowest BCUT2D eigenvalue weighted by Crippen LogP contribution is -2.23. The molecule has 1 aromatic heterocycles. The number of amides is 1.